The Morgan fingerprint density at radius 3 is 2.92 bits per heavy atom. The highest BCUT2D eigenvalue weighted by atomic mass is 79.9. The van der Waals surface area contributed by atoms with Crippen molar-refractivity contribution < 1.29 is 4.79 Å². The largest absolute Gasteiger partial charge is 0.294 e. The summed E-state index contributed by atoms with van der Waals surface area (Å²) in [7, 11) is 1.84. The predicted octanol–water partition coefficient (Wildman–Crippen LogP) is 0.920. The molecule has 5 heteroatoms. The molecule has 0 saturated carbocycles. The summed E-state index contributed by atoms with van der Waals surface area (Å²) in [6, 6.07) is 1.85. The predicted molar refractivity (Wildman–Crippen MR) is 52.9 cm³/mol. The molecule has 1 aliphatic heterocycles. The SMILES string of the molecule is Cn1ccc(N2CC[C@@H](Br)C2=O)n1. The first kappa shape index (κ1) is 8.74. The van der Waals surface area contributed by atoms with E-state index in [1.165, 1.54) is 0 Å². The van der Waals surface area contributed by atoms with Crippen LogP contribution in [0.5, 0.6) is 0 Å². The van der Waals surface area contributed by atoms with E-state index in [9.17, 15) is 4.79 Å². The normalized spacial score (nSPS) is 22.8. The van der Waals surface area contributed by atoms with Crippen molar-refractivity contribution in [3.63, 3.8) is 0 Å². The van der Waals surface area contributed by atoms with Crippen LogP contribution in [-0.2, 0) is 11.8 Å². The number of alkyl halides is 1. The van der Waals surface area contributed by atoms with Crippen molar-refractivity contribution in [1.82, 2.24) is 9.78 Å². The van der Waals surface area contributed by atoms with Gasteiger partial charge in [-0.2, -0.15) is 5.10 Å². The van der Waals surface area contributed by atoms with Crippen LogP contribution in [0.2, 0.25) is 0 Å². The monoisotopic (exact) mass is 243 g/mol. The first-order valence-corrected chi connectivity index (χ1v) is 5.05. The summed E-state index contributed by atoms with van der Waals surface area (Å²) in [5.74, 6) is 0.855. The summed E-state index contributed by atoms with van der Waals surface area (Å²) >= 11 is 3.32. The molecular formula is C8H10BrN3O. The maximum absolute atomic E-state index is 11.5. The fourth-order valence-corrected chi connectivity index (χ4v) is 1.87. The second-order valence-electron chi connectivity index (χ2n) is 3.09. The van der Waals surface area contributed by atoms with Gasteiger partial charge in [-0.25, -0.2) is 0 Å². The number of nitrogens with zero attached hydrogens (tertiary/aromatic N) is 3. The fraction of sp³-hybridized carbons (Fsp3) is 0.500. The van der Waals surface area contributed by atoms with Crippen molar-refractivity contribution in [2.75, 3.05) is 11.4 Å². The van der Waals surface area contributed by atoms with Gasteiger partial charge in [-0.15, -0.1) is 0 Å². The molecule has 1 aliphatic rings. The van der Waals surface area contributed by atoms with Gasteiger partial charge in [0.2, 0.25) is 5.91 Å². The van der Waals surface area contributed by atoms with Crippen molar-refractivity contribution >= 4 is 27.7 Å². The molecule has 2 rings (SSSR count). The number of hydrogen-bond acceptors (Lipinski definition) is 2. The maximum atomic E-state index is 11.5. The summed E-state index contributed by atoms with van der Waals surface area (Å²) in [4.78, 5) is 13.2. The van der Waals surface area contributed by atoms with E-state index < -0.39 is 0 Å². The van der Waals surface area contributed by atoms with E-state index in [0.717, 1.165) is 18.8 Å². The van der Waals surface area contributed by atoms with Gasteiger partial charge in [0.05, 0.1) is 4.83 Å². The molecule has 0 spiro atoms. The third-order valence-electron chi connectivity index (χ3n) is 2.12. The lowest BCUT2D eigenvalue weighted by atomic mass is 10.4. The lowest BCUT2D eigenvalue weighted by molar-refractivity contribution is -0.116. The minimum absolute atomic E-state index is 0.0329. The second-order valence-corrected chi connectivity index (χ2v) is 4.20. The average molecular weight is 244 g/mol. The van der Waals surface area contributed by atoms with Gasteiger partial charge in [-0.05, 0) is 6.42 Å². The van der Waals surface area contributed by atoms with Crippen molar-refractivity contribution in [1.29, 1.82) is 0 Å². The fourth-order valence-electron chi connectivity index (χ4n) is 1.42. The molecule has 4 nitrogen and oxygen atoms in total. The number of halogens is 1. The minimum atomic E-state index is -0.0329. The Kier molecular flexibility index (Phi) is 2.11. The van der Waals surface area contributed by atoms with Crippen molar-refractivity contribution in [3.05, 3.63) is 12.3 Å². The summed E-state index contributed by atoms with van der Waals surface area (Å²) in [5.41, 5.74) is 0. The summed E-state index contributed by atoms with van der Waals surface area (Å²) < 4.78 is 1.70. The summed E-state index contributed by atoms with van der Waals surface area (Å²) in [6.07, 6.45) is 2.69. The Morgan fingerprint density at radius 2 is 2.46 bits per heavy atom. The van der Waals surface area contributed by atoms with E-state index in [4.69, 9.17) is 0 Å². The first-order chi connectivity index (χ1) is 6.18. The van der Waals surface area contributed by atoms with E-state index in [1.54, 1.807) is 9.58 Å². The minimum Gasteiger partial charge on any atom is -0.294 e. The molecule has 0 aliphatic carbocycles. The molecule has 2 heterocycles. The Labute approximate surface area is 84.6 Å². The molecule has 1 amide bonds. The molecule has 1 aromatic heterocycles. The molecule has 1 aromatic rings. The highest BCUT2D eigenvalue weighted by molar-refractivity contribution is 9.10. The zero-order chi connectivity index (χ0) is 9.42. The molecule has 0 bridgehead atoms. The molecular weight excluding hydrogens is 234 g/mol. The lowest BCUT2D eigenvalue weighted by Gasteiger charge is -2.11. The van der Waals surface area contributed by atoms with Crippen LogP contribution >= 0.6 is 15.9 Å². The van der Waals surface area contributed by atoms with Crippen molar-refractivity contribution in [2.24, 2.45) is 7.05 Å². The van der Waals surface area contributed by atoms with Crippen LogP contribution in [0.15, 0.2) is 12.3 Å². The molecule has 13 heavy (non-hydrogen) atoms. The van der Waals surface area contributed by atoms with Gasteiger partial charge in [-0.1, -0.05) is 15.9 Å². The van der Waals surface area contributed by atoms with E-state index in [0.29, 0.717) is 0 Å². The molecule has 1 fully saturated rings. The molecule has 1 saturated heterocycles. The zero-order valence-corrected chi connectivity index (χ0v) is 8.86. The van der Waals surface area contributed by atoms with Crippen LogP contribution in [-0.4, -0.2) is 27.1 Å². The standard InChI is InChI=1S/C8H10BrN3O/c1-11-4-3-7(10-11)12-5-2-6(9)8(12)13/h3-4,6H,2,5H2,1H3/t6-/m1/s1. The summed E-state index contributed by atoms with van der Waals surface area (Å²) in [5, 5.41) is 4.18. The Bertz CT molecular complexity index is 336. The molecule has 0 unspecified atom stereocenters. The van der Waals surface area contributed by atoms with Crippen LogP contribution < -0.4 is 4.90 Å². The number of carbonyl (C=O) groups is 1. The van der Waals surface area contributed by atoms with E-state index >= 15 is 0 Å². The number of aryl methyl sites for hydroxylation is 1. The van der Waals surface area contributed by atoms with Crippen molar-refractivity contribution in [3.8, 4) is 0 Å². The van der Waals surface area contributed by atoms with Gasteiger partial charge < -0.3 is 0 Å². The number of aromatic nitrogens is 2. The second kappa shape index (κ2) is 3.14. The van der Waals surface area contributed by atoms with Gasteiger partial charge in [-0.3, -0.25) is 14.4 Å². The van der Waals surface area contributed by atoms with E-state index in [2.05, 4.69) is 21.0 Å². The molecule has 70 valence electrons. The highest BCUT2D eigenvalue weighted by Gasteiger charge is 2.31. The number of hydrogen-bond donors (Lipinski definition) is 0. The molecule has 0 N–H and O–H groups in total. The van der Waals surface area contributed by atoms with Gasteiger partial charge in [0.15, 0.2) is 5.82 Å². The smallest absolute Gasteiger partial charge is 0.242 e. The average Bonchev–Trinajstić information content (AvgIpc) is 2.62. The first-order valence-electron chi connectivity index (χ1n) is 4.13. The maximum Gasteiger partial charge on any atom is 0.242 e. The van der Waals surface area contributed by atoms with Gasteiger partial charge >= 0.3 is 0 Å². The number of amides is 1. The van der Waals surface area contributed by atoms with Crippen LogP contribution in [0.1, 0.15) is 6.42 Å². The van der Waals surface area contributed by atoms with Crippen LogP contribution in [0.4, 0.5) is 5.82 Å². The Morgan fingerprint density at radius 1 is 1.69 bits per heavy atom. The van der Waals surface area contributed by atoms with E-state index in [1.807, 2.05) is 19.3 Å². The zero-order valence-electron chi connectivity index (χ0n) is 7.27. The van der Waals surface area contributed by atoms with Gasteiger partial charge in [0.25, 0.3) is 0 Å². The molecule has 0 radical (unpaired) electrons. The third-order valence-corrected chi connectivity index (χ3v) is 2.97. The number of carbonyl (C=O) groups excluding carboxylic acids is 1. The Hall–Kier alpha value is -0.840. The number of rotatable bonds is 1. The van der Waals surface area contributed by atoms with Crippen LogP contribution in [0.3, 0.4) is 0 Å². The Balaban J connectivity index is 2.23. The molecule has 1 atom stereocenters. The lowest BCUT2D eigenvalue weighted by Crippen LogP contribution is -2.27. The van der Waals surface area contributed by atoms with Crippen molar-refractivity contribution in [2.45, 2.75) is 11.2 Å². The third kappa shape index (κ3) is 1.48. The van der Waals surface area contributed by atoms with E-state index in [-0.39, 0.29) is 10.7 Å². The van der Waals surface area contributed by atoms with Gasteiger partial charge in [0, 0.05) is 25.9 Å². The van der Waals surface area contributed by atoms with Gasteiger partial charge in [0.1, 0.15) is 0 Å². The molecule has 0 aromatic carbocycles. The summed E-state index contributed by atoms with van der Waals surface area (Å²) in [6.45, 7) is 0.756. The topological polar surface area (TPSA) is 38.1 Å². The highest BCUT2D eigenvalue weighted by Crippen LogP contribution is 2.23. The van der Waals surface area contributed by atoms with Crippen LogP contribution in [0, 0.1) is 0 Å². The quantitative estimate of drug-likeness (QED) is 0.689. The van der Waals surface area contributed by atoms with Crippen LogP contribution in [0.25, 0.3) is 0 Å². The number of anilines is 1.